The van der Waals surface area contributed by atoms with E-state index >= 15 is 0 Å². The number of carboxylic acid groups (broad SMARTS) is 1. The van der Waals surface area contributed by atoms with Crippen LogP contribution in [0, 0.1) is 0 Å². The van der Waals surface area contributed by atoms with Gasteiger partial charge in [0.2, 0.25) is 0 Å². The highest BCUT2D eigenvalue weighted by atomic mass is 19.4. The molecule has 0 bridgehead atoms. The normalized spacial score (nSPS) is 16.8. The predicted molar refractivity (Wildman–Crippen MR) is 56.3 cm³/mol. The van der Waals surface area contributed by atoms with Crippen molar-refractivity contribution in [2.24, 2.45) is 0 Å². The van der Waals surface area contributed by atoms with Gasteiger partial charge in [-0.05, 0) is 25.0 Å². The molecular formula is C11H9F3N2O3. The van der Waals surface area contributed by atoms with E-state index in [-0.39, 0.29) is 5.56 Å². The second-order valence-corrected chi connectivity index (χ2v) is 4.27. The van der Waals surface area contributed by atoms with Crippen LogP contribution in [0.3, 0.4) is 0 Å². The zero-order valence-corrected chi connectivity index (χ0v) is 9.49. The summed E-state index contributed by atoms with van der Waals surface area (Å²) in [5, 5.41) is 11.2. The first-order valence-corrected chi connectivity index (χ1v) is 5.34. The molecule has 0 radical (unpaired) electrons. The summed E-state index contributed by atoms with van der Waals surface area (Å²) in [6.45, 7) is 0. The average molecular weight is 274 g/mol. The Labute approximate surface area is 105 Å². The molecular weight excluding hydrogens is 265 g/mol. The average Bonchev–Trinajstić information content (AvgIpc) is 3.09. The largest absolute Gasteiger partial charge is 0.480 e. The molecule has 0 aliphatic heterocycles. The van der Waals surface area contributed by atoms with Gasteiger partial charge in [-0.1, -0.05) is 0 Å². The number of nitrogens with zero attached hydrogens (tertiary/aromatic N) is 1. The van der Waals surface area contributed by atoms with Crippen LogP contribution in [0.5, 0.6) is 0 Å². The number of carbonyl (C=O) groups excluding carboxylic acids is 1. The van der Waals surface area contributed by atoms with E-state index in [0.717, 1.165) is 12.3 Å². The number of carboxylic acids is 1. The number of aliphatic carboxylic acids is 1. The van der Waals surface area contributed by atoms with Crippen molar-refractivity contribution in [3.8, 4) is 0 Å². The van der Waals surface area contributed by atoms with Crippen molar-refractivity contribution < 1.29 is 27.9 Å². The van der Waals surface area contributed by atoms with Crippen molar-refractivity contribution in [3.63, 3.8) is 0 Å². The molecule has 8 heteroatoms. The summed E-state index contributed by atoms with van der Waals surface area (Å²) in [7, 11) is 0. The number of hydrogen-bond acceptors (Lipinski definition) is 3. The van der Waals surface area contributed by atoms with Crippen LogP contribution in [0.25, 0.3) is 0 Å². The minimum Gasteiger partial charge on any atom is -0.480 e. The first-order chi connectivity index (χ1) is 8.74. The summed E-state index contributed by atoms with van der Waals surface area (Å²) in [6.07, 6.45) is -3.19. The number of carbonyl (C=O) groups is 2. The monoisotopic (exact) mass is 274 g/mol. The molecule has 1 amide bonds. The molecule has 5 nitrogen and oxygen atoms in total. The lowest BCUT2D eigenvalue weighted by molar-refractivity contribution is -0.141. The van der Waals surface area contributed by atoms with Crippen LogP contribution in [0.2, 0.25) is 0 Å². The standard InChI is InChI=1S/C11H9F3N2O3/c12-11(13,14)7-2-1-6(5-15-7)8(17)16-10(3-4-10)9(18)19/h1-2,5H,3-4H2,(H,16,17)(H,18,19). The van der Waals surface area contributed by atoms with Gasteiger partial charge in [0.1, 0.15) is 11.2 Å². The summed E-state index contributed by atoms with van der Waals surface area (Å²) in [5.41, 5.74) is -2.50. The number of halogens is 3. The van der Waals surface area contributed by atoms with Crippen LogP contribution in [0.15, 0.2) is 18.3 Å². The maximum atomic E-state index is 12.3. The van der Waals surface area contributed by atoms with Crippen molar-refractivity contribution in [2.75, 3.05) is 0 Å². The zero-order valence-electron chi connectivity index (χ0n) is 9.49. The molecule has 1 aliphatic rings. The highest BCUT2D eigenvalue weighted by Gasteiger charge is 2.51. The van der Waals surface area contributed by atoms with E-state index in [4.69, 9.17) is 5.11 Å². The van der Waals surface area contributed by atoms with Crippen LogP contribution in [-0.2, 0) is 11.0 Å². The second kappa shape index (κ2) is 4.22. The molecule has 1 aliphatic carbocycles. The number of pyridine rings is 1. The second-order valence-electron chi connectivity index (χ2n) is 4.27. The fraction of sp³-hybridized carbons (Fsp3) is 0.364. The van der Waals surface area contributed by atoms with E-state index in [1.165, 1.54) is 0 Å². The Kier molecular flexibility index (Phi) is 2.95. The highest BCUT2D eigenvalue weighted by molar-refractivity contribution is 5.98. The van der Waals surface area contributed by atoms with Gasteiger partial charge >= 0.3 is 12.1 Å². The van der Waals surface area contributed by atoms with Crippen molar-refractivity contribution in [3.05, 3.63) is 29.6 Å². The molecule has 0 saturated heterocycles. The lowest BCUT2D eigenvalue weighted by Gasteiger charge is -2.12. The van der Waals surface area contributed by atoms with Gasteiger partial charge in [0, 0.05) is 6.20 Å². The third-order valence-corrected chi connectivity index (χ3v) is 2.83. The molecule has 102 valence electrons. The number of rotatable bonds is 3. The summed E-state index contributed by atoms with van der Waals surface area (Å²) in [5.74, 6) is -1.90. The molecule has 0 aromatic carbocycles. The van der Waals surface area contributed by atoms with Gasteiger partial charge in [0.15, 0.2) is 0 Å². The molecule has 1 fully saturated rings. The molecule has 2 rings (SSSR count). The third kappa shape index (κ3) is 2.67. The SMILES string of the molecule is O=C(NC1(C(=O)O)CC1)c1ccc(C(F)(F)F)nc1. The molecule has 0 unspecified atom stereocenters. The number of nitrogens with one attached hydrogen (secondary N) is 1. The van der Waals surface area contributed by atoms with Crippen molar-refractivity contribution in [1.82, 2.24) is 10.3 Å². The van der Waals surface area contributed by atoms with E-state index < -0.39 is 29.3 Å². The molecule has 1 aromatic rings. The maximum Gasteiger partial charge on any atom is 0.433 e. The molecule has 1 heterocycles. The van der Waals surface area contributed by atoms with E-state index in [2.05, 4.69) is 10.3 Å². The lowest BCUT2D eigenvalue weighted by atomic mass is 10.2. The van der Waals surface area contributed by atoms with Gasteiger partial charge in [0.05, 0.1) is 5.56 Å². The molecule has 2 N–H and O–H groups in total. The van der Waals surface area contributed by atoms with Crippen LogP contribution < -0.4 is 5.32 Å². The van der Waals surface area contributed by atoms with Gasteiger partial charge in [0.25, 0.3) is 5.91 Å². The maximum absolute atomic E-state index is 12.3. The van der Waals surface area contributed by atoms with Crippen molar-refractivity contribution in [2.45, 2.75) is 24.6 Å². The van der Waals surface area contributed by atoms with Crippen LogP contribution in [0.4, 0.5) is 13.2 Å². The summed E-state index contributed by atoms with van der Waals surface area (Å²) in [4.78, 5) is 25.7. The molecule has 1 saturated carbocycles. The van der Waals surface area contributed by atoms with Gasteiger partial charge in [-0.3, -0.25) is 9.78 Å². The Morgan fingerprint density at radius 2 is 1.95 bits per heavy atom. The topological polar surface area (TPSA) is 79.3 Å². The predicted octanol–water partition coefficient (Wildman–Crippen LogP) is 1.45. The van der Waals surface area contributed by atoms with E-state index in [1.54, 1.807) is 0 Å². The van der Waals surface area contributed by atoms with Gasteiger partial charge in [-0.25, -0.2) is 4.79 Å². The Morgan fingerprint density at radius 3 is 2.32 bits per heavy atom. The first kappa shape index (κ1) is 13.3. The first-order valence-electron chi connectivity index (χ1n) is 5.34. The number of amides is 1. The number of aromatic nitrogens is 1. The summed E-state index contributed by atoms with van der Waals surface area (Å²) in [6, 6.07) is 1.64. The van der Waals surface area contributed by atoms with Crippen LogP contribution >= 0.6 is 0 Å². The fourth-order valence-corrected chi connectivity index (χ4v) is 1.50. The van der Waals surface area contributed by atoms with Crippen molar-refractivity contribution in [1.29, 1.82) is 0 Å². The Hall–Kier alpha value is -2.12. The minimum absolute atomic E-state index is 0.111. The number of alkyl halides is 3. The fourth-order valence-electron chi connectivity index (χ4n) is 1.50. The van der Waals surface area contributed by atoms with E-state index in [1.807, 2.05) is 0 Å². The van der Waals surface area contributed by atoms with Gasteiger partial charge < -0.3 is 10.4 Å². The smallest absolute Gasteiger partial charge is 0.433 e. The number of hydrogen-bond donors (Lipinski definition) is 2. The highest BCUT2D eigenvalue weighted by Crippen LogP contribution is 2.35. The summed E-state index contributed by atoms with van der Waals surface area (Å²) >= 11 is 0. The van der Waals surface area contributed by atoms with Crippen molar-refractivity contribution >= 4 is 11.9 Å². The zero-order chi connectivity index (χ0) is 14.3. The minimum atomic E-state index is -4.58. The van der Waals surface area contributed by atoms with Gasteiger partial charge in [-0.2, -0.15) is 13.2 Å². The van der Waals surface area contributed by atoms with Gasteiger partial charge in [-0.15, -0.1) is 0 Å². The Balaban J connectivity index is 2.11. The third-order valence-electron chi connectivity index (χ3n) is 2.83. The van der Waals surface area contributed by atoms with E-state index in [0.29, 0.717) is 18.9 Å². The van der Waals surface area contributed by atoms with Crippen LogP contribution in [-0.4, -0.2) is 27.5 Å². The summed E-state index contributed by atoms with van der Waals surface area (Å²) < 4.78 is 36.8. The molecule has 19 heavy (non-hydrogen) atoms. The van der Waals surface area contributed by atoms with Crippen LogP contribution in [0.1, 0.15) is 28.9 Å². The molecule has 0 atom stereocenters. The Morgan fingerprint density at radius 1 is 1.32 bits per heavy atom. The Bertz CT molecular complexity index is 521. The van der Waals surface area contributed by atoms with E-state index in [9.17, 15) is 22.8 Å². The molecule has 1 aromatic heterocycles. The quantitative estimate of drug-likeness (QED) is 0.874. The molecule has 0 spiro atoms. The lowest BCUT2D eigenvalue weighted by Crippen LogP contribution is -2.43.